The smallest absolute Gasteiger partial charge is 0.416 e. The van der Waals surface area contributed by atoms with Gasteiger partial charge in [0.1, 0.15) is 5.75 Å². The fraction of sp³-hybridized carbons (Fsp3) is 0.455. The number of aromatic hydroxyl groups is 1. The molecule has 1 atom stereocenters. The molecule has 5 heteroatoms. The summed E-state index contributed by atoms with van der Waals surface area (Å²) >= 11 is 0. The molecule has 2 nitrogen and oxygen atoms in total. The quantitative estimate of drug-likeness (QED) is 0.779. The minimum Gasteiger partial charge on any atom is -0.508 e. The van der Waals surface area contributed by atoms with Crippen LogP contribution in [0.25, 0.3) is 0 Å². The molecule has 0 aromatic heterocycles. The van der Waals surface area contributed by atoms with E-state index in [0.29, 0.717) is 5.56 Å². The second-order valence-electron chi connectivity index (χ2n) is 3.96. The number of nitrogens with one attached hydrogen (secondary N) is 1. The molecule has 1 aliphatic rings. The third kappa shape index (κ3) is 2.29. The summed E-state index contributed by atoms with van der Waals surface area (Å²) in [5.74, 6) is -0.335. The van der Waals surface area contributed by atoms with Gasteiger partial charge in [0.15, 0.2) is 0 Å². The van der Waals surface area contributed by atoms with Crippen LogP contribution in [0.1, 0.15) is 30.0 Å². The van der Waals surface area contributed by atoms with Gasteiger partial charge < -0.3 is 10.4 Å². The number of phenolic OH excluding ortho intramolecular Hbond substituents is 1. The Morgan fingerprint density at radius 2 is 2.00 bits per heavy atom. The molecular weight excluding hydrogens is 219 g/mol. The number of phenols is 1. The zero-order valence-electron chi connectivity index (χ0n) is 8.51. The summed E-state index contributed by atoms with van der Waals surface area (Å²) in [4.78, 5) is 0. The normalized spacial score (nSPS) is 21.3. The molecule has 1 aromatic rings. The first-order chi connectivity index (χ1) is 7.47. The third-order valence-electron chi connectivity index (χ3n) is 2.73. The molecular formula is C11H12F3NO. The van der Waals surface area contributed by atoms with Crippen LogP contribution >= 0.6 is 0 Å². The zero-order chi connectivity index (χ0) is 11.8. The number of benzene rings is 1. The van der Waals surface area contributed by atoms with Crippen LogP contribution in [0.5, 0.6) is 5.75 Å². The topological polar surface area (TPSA) is 32.3 Å². The second-order valence-corrected chi connectivity index (χ2v) is 3.96. The highest BCUT2D eigenvalue weighted by atomic mass is 19.4. The Balaban J connectivity index is 2.35. The molecule has 1 saturated heterocycles. The standard InChI is InChI=1S/C11H12F3NO/c12-11(13,14)8-4-7(5-9(16)6-8)10-2-1-3-15-10/h4-6,10,15-16H,1-3H2. The average Bonchev–Trinajstić information content (AvgIpc) is 2.68. The van der Waals surface area contributed by atoms with Crippen LogP contribution in [0, 0.1) is 0 Å². The molecule has 0 saturated carbocycles. The molecule has 1 heterocycles. The van der Waals surface area contributed by atoms with E-state index in [1.165, 1.54) is 6.07 Å². The Kier molecular flexibility index (Phi) is 2.80. The fourth-order valence-corrected chi connectivity index (χ4v) is 1.97. The molecule has 1 aliphatic heterocycles. The summed E-state index contributed by atoms with van der Waals surface area (Å²) in [5.41, 5.74) is -0.291. The summed E-state index contributed by atoms with van der Waals surface area (Å²) in [6.45, 7) is 0.807. The number of hydrogen-bond donors (Lipinski definition) is 2. The van der Waals surface area contributed by atoms with Gasteiger partial charge in [-0.3, -0.25) is 0 Å². The van der Waals surface area contributed by atoms with Crippen molar-refractivity contribution in [2.75, 3.05) is 6.54 Å². The lowest BCUT2D eigenvalue weighted by Gasteiger charge is -2.14. The van der Waals surface area contributed by atoms with Crippen molar-refractivity contribution in [3.63, 3.8) is 0 Å². The van der Waals surface area contributed by atoms with Crippen LogP contribution in [-0.2, 0) is 6.18 Å². The van der Waals surface area contributed by atoms with Gasteiger partial charge >= 0.3 is 6.18 Å². The lowest BCUT2D eigenvalue weighted by molar-refractivity contribution is -0.137. The first kappa shape index (κ1) is 11.3. The minimum atomic E-state index is -4.41. The largest absolute Gasteiger partial charge is 0.508 e. The summed E-state index contributed by atoms with van der Waals surface area (Å²) in [5, 5.41) is 12.4. The molecule has 2 N–H and O–H groups in total. The van der Waals surface area contributed by atoms with Crippen LogP contribution in [-0.4, -0.2) is 11.7 Å². The molecule has 0 spiro atoms. The van der Waals surface area contributed by atoms with E-state index in [0.717, 1.165) is 31.5 Å². The van der Waals surface area contributed by atoms with E-state index in [4.69, 9.17) is 0 Å². The maximum atomic E-state index is 12.5. The summed E-state index contributed by atoms with van der Waals surface area (Å²) in [6.07, 6.45) is -2.66. The predicted octanol–water partition coefficient (Wildman–Crippen LogP) is 2.84. The Hall–Kier alpha value is -1.23. The SMILES string of the molecule is Oc1cc(C2CCCN2)cc(C(F)(F)F)c1. The Morgan fingerprint density at radius 1 is 1.25 bits per heavy atom. The first-order valence-electron chi connectivity index (χ1n) is 5.11. The van der Waals surface area contributed by atoms with Crippen LogP contribution in [0.4, 0.5) is 13.2 Å². The van der Waals surface area contributed by atoms with Crippen molar-refractivity contribution in [2.45, 2.75) is 25.1 Å². The van der Waals surface area contributed by atoms with Gasteiger partial charge in [0.2, 0.25) is 0 Å². The highest BCUT2D eigenvalue weighted by Crippen LogP contribution is 2.35. The van der Waals surface area contributed by atoms with Crippen LogP contribution < -0.4 is 5.32 Å². The lowest BCUT2D eigenvalue weighted by Crippen LogP contribution is -2.14. The Morgan fingerprint density at radius 3 is 2.56 bits per heavy atom. The lowest BCUT2D eigenvalue weighted by atomic mass is 10.0. The van der Waals surface area contributed by atoms with E-state index in [1.54, 1.807) is 0 Å². The van der Waals surface area contributed by atoms with Gasteiger partial charge in [0.25, 0.3) is 0 Å². The van der Waals surface area contributed by atoms with Crippen molar-refractivity contribution in [3.8, 4) is 5.75 Å². The van der Waals surface area contributed by atoms with E-state index in [-0.39, 0.29) is 11.8 Å². The Bertz CT molecular complexity index is 383. The van der Waals surface area contributed by atoms with Gasteiger partial charge in [-0.05, 0) is 43.1 Å². The maximum Gasteiger partial charge on any atom is 0.416 e. The van der Waals surface area contributed by atoms with Gasteiger partial charge in [0.05, 0.1) is 5.56 Å². The van der Waals surface area contributed by atoms with Crippen LogP contribution in [0.15, 0.2) is 18.2 Å². The van der Waals surface area contributed by atoms with E-state index in [9.17, 15) is 18.3 Å². The fourth-order valence-electron chi connectivity index (χ4n) is 1.97. The maximum absolute atomic E-state index is 12.5. The summed E-state index contributed by atoms with van der Waals surface area (Å²) in [7, 11) is 0. The molecule has 1 unspecified atom stereocenters. The molecule has 0 radical (unpaired) electrons. The van der Waals surface area contributed by atoms with Crippen LogP contribution in [0.2, 0.25) is 0 Å². The van der Waals surface area contributed by atoms with Crippen molar-refractivity contribution in [3.05, 3.63) is 29.3 Å². The van der Waals surface area contributed by atoms with Crippen molar-refractivity contribution in [1.29, 1.82) is 0 Å². The van der Waals surface area contributed by atoms with Gasteiger partial charge in [-0.1, -0.05) is 0 Å². The van der Waals surface area contributed by atoms with Crippen molar-refractivity contribution >= 4 is 0 Å². The highest BCUT2D eigenvalue weighted by molar-refractivity contribution is 5.36. The predicted molar refractivity (Wildman–Crippen MR) is 53.1 cm³/mol. The molecule has 2 rings (SSSR count). The van der Waals surface area contributed by atoms with Crippen molar-refractivity contribution < 1.29 is 18.3 Å². The molecule has 0 amide bonds. The van der Waals surface area contributed by atoms with Gasteiger partial charge in [0, 0.05) is 6.04 Å². The van der Waals surface area contributed by atoms with E-state index < -0.39 is 11.7 Å². The molecule has 0 bridgehead atoms. The van der Waals surface area contributed by atoms with E-state index in [2.05, 4.69) is 5.32 Å². The third-order valence-corrected chi connectivity index (χ3v) is 2.73. The van der Waals surface area contributed by atoms with Crippen molar-refractivity contribution in [1.82, 2.24) is 5.32 Å². The molecule has 88 valence electrons. The van der Waals surface area contributed by atoms with Crippen LogP contribution in [0.3, 0.4) is 0 Å². The van der Waals surface area contributed by atoms with Gasteiger partial charge in [-0.2, -0.15) is 13.2 Å². The molecule has 0 aliphatic carbocycles. The van der Waals surface area contributed by atoms with Gasteiger partial charge in [-0.15, -0.1) is 0 Å². The number of halogens is 3. The van der Waals surface area contributed by atoms with E-state index in [1.807, 2.05) is 0 Å². The zero-order valence-corrected chi connectivity index (χ0v) is 8.51. The minimum absolute atomic E-state index is 0.0757. The number of alkyl halides is 3. The Labute approximate surface area is 91.1 Å². The number of rotatable bonds is 1. The summed E-state index contributed by atoms with van der Waals surface area (Å²) < 4.78 is 37.5. The van der Waals surface area contributed by atoms with Gasteiger partial charge in [-0.25, -0.2) is 0 Å². The summed E-state index contributed by atoms with van der Waals surface area (Å²) in [6, 6.07) is 3.16. The number of hydrogen-bond acceptors (Lipinski definition) is 2. The van der Waals surface area contributed by atoms with E-state index >= 15 is 0 Å². The second kappa shape index (κ2) is 3.97. The van der Waals surface area contributed by atoms with Crippen molar-refractivity contribution in [2.24, 2.45) is 0 Å². The molecule has 16 heavy (non-hydrogen) atoms. The average molecular weight is 231 g/mol. The highest BCUT2D eigenvalue weighted by Gasteiger charge is 2.32. The monoisotopic (exact) mass is 231 g/mol. The molecule has 1 fully saturated rings. The molecule has 1 aromatic carbocycles. The first-order valence-corrected chi connectivity index (χ1v) is 5.11.